The van der Waals surface area contributed by atoms with Gasteiger partial charge in [0.25, 0.3) is 0 Å². The maximum atomic E-state index is 6.55. The zero-order chi connectivity index (χ0) is 30.2. The lowest BCUT2D eigenvalue weighted by molar-refractivity contribution is 0.669. The van der Waals surface area contributed by atoms with Gasteiger partial charge in [0.1, 0.15) is 11.2 Å². The second kappa shape index (κ2) is 9.75. The monoisotopic (exact) mass is 586 g/mol. The zero-order valence-corrected chi connectivity index (χ0v) is 25.0. The van der Waals surface area contributed by atoms with Crippen LogP contribution in [-0.4, -0.2) is 6.85 Å². The quantitative estimate of drug-likeness (QED) is 0.192. The summed E-state index contributed by atoms with van der Waals surface area (Å²) in [4.78, 5) is 4.99. The molecule has 10 rings (SSSR count). The first kappa shape index (κ1) is 25.3. The Morgan fingerprint density at radius 3 is 1.98 bits per heavy atom. The molecule has 0 aliphatic carbocycles. The Hall–Kier alpha value is -6.00. The summed E-state index contributed by atoms with van der Waals surface area (Å²) in [6.07, 6.45) is 0. The summed E-state index contributed by atoms with van der Waals surface area (Å²) in [5.74, 6) is 0. The van der Waals surface area contributed by atoms with Gasteiger partial charge < -0.3 is 14.1 Å². The van der Waals surface area contributed by atoms with E-state index in [9.17, 15) is 0 Å². The molecular formula is C42H27BN2O. The van der Waals surface area contributed by atoms with Gasteiger partial charge in [0.2, 0.25) is 0 Å². The van der Waals surface area contributed by atoms with E-state index in [1.54, 1.807) is 0 Å². The van der Waals surface area contributed by atoms with Crippen molar-refractivity contribution in [3.63, 3.8) is 0 Å². The van der Waals surface area contributed by atoms with Crippen molar-refractivity contribution in [1.82, 2.24) is 0 Å². The van der Waals surface area contributed by atoms with Gasteiger partial charge in [-0.05, 0) is 64.5 Å². The van der Waals surface area contributed by atoms with E-state index in [1.807, 2.05) is 6.07 Å². The van der Waals surface area contributed by atoms with E-state index in [-0.39, 0.29) is 6.85 Å². The maximum absolute atomic E-state index is 6.55. The number of rotatable bonds is 3. The van der Waals surface area contributed by atoms with Gasteiger partial charge in [-0.1, -0.05) is 115 Å². The normalized spacial score (nSPS) is 13.1. The van der Waals surface area contributed by atoms with Crippen LogP contribution in [0.3, 0.4) is 0 Å². The minimum absolute atomic E-state index is 0.0541. The minimum Gasteiger partial charge on any atom is -0.456 e. The Labute approximate surface area is 267 Å². The lowest BCUT2D eigenvalue weighted by Gasteiger charge is -2.46. The molecule has 1 aromatic heterocycles. The Bertz CT molecular complexity index is 2450. The van der Waals surface area contributed by atoms with Crippen LogP contribution in [0.1, 0.15) is 0 Å². The van der Waals surface area contributed by atoms with Gasteiger partial charge in [-0.15, -0.1) is 0 Å². The second-order valence-corrected chi connectivity index (χ2v) is 12.1. The van der Waals surface area contributed by atoms with Crippen molar-refractivity contribution in [2.24, 2.45) is 0 Å². The van der Waals surface area contributed by atoms with Crippen molar-refractivity contribution < 1.29 is 4.42 Å². The fraction of sp³-hybridized carbons (Fsp3) is 0. The van der Waals surface area contributed by atoms with Crippen LogP contribution in [0.2, 0.25) is 0 Å². The molecule has 0 unspecified atom stereocenters. The molecule has 0 fully saturated rings. The van der Waals surface area contributed by atoms with E-state index in [4.69, 9.17) is 4.42 Å². The van der Waals surface area contributed by atoms with Crippen LogP contribution in [0, 0.1) is 0 Å². The van der Waals surface area contributed by atoms with Crippen molar-refractivity contribution in [2.45, 2.75) is 0 Å². The smallest absolute Gasteiger partial charge is 0.333 e. The average molecular weight is 587 g/mol. The lowest BCUT2D eigenvalue weighted by atomic mass is 9.43. The maximum Gasteiger partial charge on any atom is 0.333 e. The van der Waals surface area contributed by atoms with E-state index in [2.05, 4.69) is 167 Å². The first-order valence-corrected chi connectivity index (χ1v) is 15.8. The van der Waals surface area contributed by atoms with E-state index in [1.165, 1.54) is 50.2 Å². The van der Waals surface area contributed by atoms with Crippen molar-refractivity contribution in [3.8, 4) is 22.3 Å². The van der Waals surface area contributed by atoms with Gasteiger partial charge in [-0.25, -0.2) is 0 Å². The predicted molar refractivity (Wildman–Crippen MR) is 193 cm³/mol. The highest BCUT2D eigenvalue weighted by Crippen LogP contribution is 2.49. The Balaban J connectivity index is 1.32. The van der Waals surface area contributed by atoms with Crippen LogP contribution in [0.5, 0.6) is 0 Å². The Morgan fingerprint density at radius 2 is 1.11 bits per heavy atom. The molecule has 2 aliphatic rings. The highest BCUT2D eigenvalue weighted by Gasteiger charge is 2.45. The van der Waals surface area contributed by atoms with Gasteiger partial charge >= 0.3 is 6.85 Å². The van der Waals surface area contributed by atoms with E-state index in [0.29, 0.717) is 0 Å². The predicted octanol–water partition coefficient (Wildman–Crippen LogP) is 9.96. The summed E-state index contributed by atoms with van der Waals surface area (Å²) in [6.45, 7) is -0.0541. The summed E-state index contributed by atoms with van der Waals surface area (Å²) in [6, 6.07) is 59.0. The van der Waals surface area contributed by atoms with Crippen LogP contribution < -0.4 is 20.6 Å². The first-order chi connectivity index (χ1) is 22.8. The molecule has 8 aromatic rings. The molecule has 2 aliphatic heterocycles. The van der Waals surface area contributed by atoms with Crippen molar-refractivity contribution in [2.75, 3.05) is 9.71 Å². The van der Waals surface area contributed by atoms with Crippen LogP contribution in [0.4, 0.5) is 28.4 Å². The number of nitrogens with zero attached hydrogens (tertiary/aromatic N) is 2. The third-order valence-electron chi connectivity index (χ3n) is 9.64. The molecule has 46 heavy (non-hydrogen) atoms. The van der Waals surface area contributed by atoms with Crippen molar-refractivity contribution in [3.05, 3.63) is 164 Å². The van der Waals surface area contributed by atoms with E-state index >= 15 is 0 Å². The van der Waals surface area contributed by atoms with Crippen LogP contribution >= 0.6 is 0 Å². The van der Waals surface area contributed by atoms with Gasteiger partial charge in [0.05, 0.1) is 0 Å². The summed E-state index contributed by atoms with van der Waals surface area (Å²) in [7, 11) is 0. The third-order valence-corrected chi connectivity index (χ3v) is 9.64. The lowest BCUT2D eigenvalue weighted by Crippen LogP contribution is -2.61. The number of anilines is 5. The number of hydrogen-bond donors (Lipinski definition) is 0. The number of furan rings is 1. The number of benzene rings is 7. The molecule has 7 aromatic carbocycles. The topological polar surface area (TPSA) is 19.6 Å². The fourth-order valence-corrected chi connectivity index (χ4v) is 7.73. The number of fused-ring (bicyclic) bond motifs is 7. The fourth-order valence-electron chi connectivity index (χ4n) is 7.73. The molecule has 0 amide bonds. The summed E-state index contributed by atoms with van der Waals surface area (Å²) >= 11 is 0. The molecule has 4 heteroatoms. The number of hydrogen-bond acceptors (Lipinski definition) is 3. The molecule has 0 saturated carbocycles. The van der Waals surface area contributed by atoms with Crippen LogP contribution in [-0.2, 0) is 0 Å². The molecule has 0 radical (unpaired) electrons. The Morgan fingerprint density at radius 1 is 0.435 bits per heavy atom. The van der Waals surface area contributed by atoms with E-state index < -0.39 is 0 Å². The average Bonchev–Trinajstić information content (AvgIpc) is 3.49. The van der Waals surface area contributed by atoms with Gasteiger partial charge in [0.15, 0.2) is 0 Å². The molecule has 214 valence electrons. The van der Waals surface area contributed by atoms with Crippen LogP contribution in [0.15, 0.2) is 168 Å². The van der Waals surface area contributed by atoms with Crippen molar-refractivity contribution in [1.29, 1.82) is 0 Å². The highest BCUT2D eigenvalue weighted by molar-refractivity contribution is 6.93. The summed E-state index contributed by atoms with van der Waals surface area (Å²) in [5, 5.41) is 2.26. The standard InChI is InChI=1S/C42H27BN2O/c1-3-14-28(15-4-1)33-26-34-31-19-8-12-25-40(31)46-41(34)27-39(33)45-36-22-10-7-18-30(36)32-20-13-24-38-42(32)43(45)35-21-9-11-23-37(35)44(38)29-16-5-2-6-17-29/h1-27H. The third kappa shape index (κ3) is 3.55. The molecule has 0 bridgehead atoms. The highest BCUT2D eigenvalue weighted by atomic mass is 16.3. The minimum atomic E-state index is -0.0541. The molecule has 3 heterocycles. The molecule has 0 N–H and O–H groups in total. The van der Waals surface area contributed by atoms with Gasteiger partial charge in [-0.3, -0.25) is 0 Å². The number of para-hydroxylation sites is 4. The molecule has 3 nitrogen and oxygen atoms in total. The first-order valence-electron chi connectivity index (χ1n) is 15.8. The summed E-state index contributed by atoms with van der Waals surface area (Å²) < 4.78 is 6.55. The van der Waals surface area contributed by atoms with E-state index in [0.717, 1.165) is 33.3 Å². The van der Waals surface area contributed by atoms with Gasteiger partial charge in [0, 0.05) is 56.4 Å². The Kier molecular flexibility index (Phi) is 5.37. The molecule has 0 spiro atoms. The molecular weight excluding hydrogens is 559 g/mol. The SMILES string of the molecule is c1ccc(-c2cc3c(cc2N2B4c5ccccc5N(c5ccccc5)c5cccc(c54)-c4ccccc42)oc2ccccc23)cc1. The molecule has 0 atom stereocenters. The largest absolute Gasteiger partial charge is 0.456 e. The molecule has 0 saturated heterocycles. The van der Waals surface area contributed by atoms with Crippen LogP contribution in [0.25, 0.3) is 44.2 Å². The second-order valence-electron chi connectivity index (χ2n) is 12.1. The van der Waals surface area contributed by atoms with Gasteiger partial charge in [-0.2, -0.15) is 0 Å². The summed E-state index contributed by atoms with van der Waals surface area (Å²) in [5.41, 5.74) is 15.1. The van der Waals surface area contributed by atoms with Crippen molar-refractivity contribution >= 4 is 68.1 Å². The zero-order valence-electron chi connectivity index (χ0n) is 25.0.